The topological polar surface area (TPSA) is 90.1 Å². The zero-order valence-electron chi connectivity index (χ0n) is 13.4. The molecular weight excluding hydrogens is 284 g/mol. The third-order valence-corrected chi connectivity index (χ3v) is 4.82. The van der Waals surface area contributed by atoms with E-state index in [2.05, 4.69) is 16.8 Å². The minimum atomic E-state index is -0.907. The molecule has 0 aromatic rings. The number of hydrogen-bond donors (Lipinski definition) is 2. The Kier molecular flexibility index (Phi) is 6.16. The van der Waals surface area contributed by atoms with E-state index in [1.54, 1.807) is 4.90 Å². The lowest BCUT2D eigenvalue weighted by Gasteiger charge is -2.42. The molecule has 3 N–H and O–H groups in total. The van der Waals surface area contributed by atoms with Gasteiger partial charge in [0.15, 0.2) is 0 Å². The molecule has 0 aromatic heterocycles. The first-order chi connectivity index (χ1) is 10.5. The molecule has 0 bridgehead atoms. The molecule has 2 aliphatic rings. The number of rotatable bonds is 5. The third kappa shape index (κ3) is 4.66. The molecule has 0 radical (unpaired) electrons. The lowest BCUT2D eigenvalue weighted by atomic mass is 10.0. The second-order valence-electron chi connectivity index (χ2n) is 6.43. The van der Waals surface area contributed by atoms with E-state index in [1.165, 1.54) is 12.8 Å². The van der Waals surface area contributed by atoms with Gasteiger partial charge in [0.1, 0.15) is 0 Å². The average molecular weight is 312 g/mol. The first-order valence-corrected chi connectivity index (χ1v) is 8.16. The second-order valence-corrected chi connectivity index (χ2v) is 6.43. The Bertz CT molecular complexity index is 388. The quantitative estimate of drug-likeness (QED) is 0.706. The molecule has 1 atom stereocenters. The molecule has 1 amide bonds. The maximum atomic E-state index is 12.2. The molecule has 2 heterocycles. The van der Waals surface area contributed by atoms with Crippen LogP contribution in [0.25, 0.3) is 0 Å². The Balaban J connectivity index is 1.74. The first kappa shape index (κ1) is 17.2. The van der Waals surface area contributed by atoms with Crippen molar-refractivity contribution in [1.82, 2.24) is 14.7 Å². The van der Waals surface area contributed by atoms with E-state index in [9.17, 15) is 9.59 Å². The summed E-state index contributed by atoms with van der Waals surface area (Å²) in [5.74, 6) is -1.01. The van der Waals surface area contributed by atoms with Crippen molar-refractivity contribution in [2.45, 2.75) is 37.8 Å². The summed E-state index contributed by atoms with van der Waals surface area (Å²) < 4.78 is 0. The minimum Gasteiger partial charge on any atom is -0.481 e. The van der Waals surface area contributed by atoms with Crippen molar-refractivity contribution in [1.29, 1.82) is 0 Å². The monoisotopic (exact) mass is 312 g/mol. The number of carboxylic acids is 1. The number of aliphatic carboxylic acids is 1. The van der Waals surface area contributed by atoms with Gasteiger partial charge >= 0.3 is 5.97 Å². The second kappa shape index (κ2) is 7.89. The number of piperazine rings is 1. The summed E-state index contributed by atoms with van der Waals surface area (Å²) in [5, 5.41) is 8.66. The van der Waals surface area contributed by atoms with Gasteiger partial charge in [-0.1, -0.05) is 0 Å². The Labute approximate surface area is 132 Å². The first-order valence-electron chi connectivity index (χ1n) is 8.16. The number of amides is 1. The van der Waals surface area contributed by atoms with Crippen LogP contribution in [0, 0.1) is 0 Å². The normalized spacial score (nSPS) is 23.5. The van der Waals surface area contributed by atoms with Gasteiger partial charge in [-0.25, -0.2) is 0 Å². The highest BCUT2D eigenvalue weighted by Crippen LogP contribution is 2.17. The molecule has 22 heavy (non-hydrogen) atoms. The van der Waals surface area contributed by atoms with E-state index in [4.69, 9.17) is 10.8 Å². The number of piperidine rings is 1. The van der Waals surface area contributed by atoms with Crippen molar-refractivity contribution >= 4 is 11.9 Å². The van der Waals surface area contributed by atoms with Crippen molar-refractivity contribution < 1.29 is 14.7 Å². The van der Waals surface area contributed by atoms with Gasteiger partial charge in [-0.15, -0.1) is 0 Å². The number of hydrogen-bond acceptors (Lipinski definition) is 5. The van der Waals surface area contributed by atoms with Crippen molar-refractivity contribution in [3.8, 4) is 0 Å². The SMILES string of the molecule is CN1CCC(N2CCN(C(=O)[C@H](N)CCC(=O)O)CC2)CC1. The number of carboxylic acid groups (broad SMARTS) is 1. The highest BCUT2D eigenvalue weighted by Gasteiger charge is 2.29. The van der Waals surface area contributed by atoms with Crippen molar-refractivity contribution in [3.63, 3.8) is 0 Å². The van der Waals surface area contributed by atoms with E-state index >= 15 is 0 Å². The predicted octanol–water partition coefficient (Wildman–Crippen LogP) is -0.583. The van der Waals surface area contributed by atoms with Gasteiger partial charge in [0, 0.05) is 38.6 Å². The van der Waals surface area contributed by atoms with Gasteiger partial charge in [0.25, 0.3) is 0 Å². The zero-order valence-corrected chi connectivity index (χ0v) is 13.4. The summed E-state index contributed by atoms with van der Waals surface area (Å²) in [5.41, 5.74) is 5.82. The maximum absolute atomic E-state index is 12.2. The molecule has 7 nitrogen and oxygen atoms in total. The molecule has 0 saturated carbocycles. The van der Waals surface area contributed by atoms with E-state index in [1.807, 2.05) is 0 Å². The summed E-state index contributed by atoms with van der Waals surface area (Å²) >= 11 is 0. The third-order valence-electron chi connectivity index (χ3n) is 4.82. The zero-order chi connectivity index (χ0) is 16.1. The molecule has 7 heteroatoms. The van der Waals surface area contributed by atoms with E-state index in [0.717, 1.165) is 26.2 Å². The summed E-state index contributed by atoms with van der Waals surface area (Å²) in [6.07, 6.45) is 2.55. The van der Waals surface area contributed by atoms with Gasteiger partial charge in [0.2, 0.25) is 5.91 Å². The van der Waals surface area contributed by atoms with Crippen molar-refractivity contribution in [3.05, 3.63) is 0 Å². The summed E-state index contributed by atoms with van der Waals surface area (Å²) in [6, 6.07) is -0.0554. The molecule has 0 aromatic carbocycles. The maximum Gasteiger partial charge on any atom is 0.303 e. The van der Waals surface area contributed by atoms with Crippen LogP contribution in [-0.4, -0.2) is 90.1 Å². The number of likely N-dealkylation sites (tertiary alicyclic amines) is 1. The Morgan fingerprint density at radius 2 is 1.73 bits per heavy atom. The van der Waals surface area contributed by atoms with Crippen LogP contribution in [0.5, 0.6) is 0 Å². The summed E-state index contributed by atoms with van der Waals surface area (Å²) in [7, 11) is 2.16. The van der Waals surface area contributed by atoms with E-state index < -0.39 is 12.0 Å². The number of carbonyl (C=O) groups is 2. The Morgan fingerprint density at radius 1 is 1.14 bits per heavy atom. The Hall–Kier alpha value is -1.18. The van der Waals surface area contributed by atoms with Crippen LogP contribution < -0.4 is 5.73 Å². The van der Waals surface area contributed by atoms with Crippen LogP contribution in [0.4, 0.5) is 0 Å². The fourth-order valence-electron chi connectivity index (χ4n) is 3.30. The largest absolute Gasteiger partial charge is 0.481 e. The summed E-state index contributed by atoms with van der Waals surface area (Å²) in [4.78, 5) is 29.4. The lowest BCUT2D eigenvalue weighted by molar-refractivity contribution is -0.138. The molecule has 2 rings (SSSR count). The molecule has 0 spiro atoms. The van der Waals surface area contributed by atoms with E-state index in [0.29, 0.717) is 19.1 Å². The number of nitrogens with zero attached hydrogens (tertiary/aromatic N) is 3. The van der Waals surface area contributed by atoms with Crippen LogP contribution in [0.1, 0.15) is 25.7 Å². The van der Waals surface area contributed by atoms with Crippen LogP contribution in [-0.2, 0) is 9.59 Å². The van der Waals surface area contributed by atoms with Crippen LogP contribution in [0.2, 0.25) is 0 Å². The van der Waals surface area contributed by atoms with Gasteiger partial charge in [-0.2, -0.15) is 0 Å². The van der Waals surface area contributed by atoms with Crippen LogP contribution in [0.15, 0.2) is 0 Å². The smallest absolute Gasteiger partial charge is 0.303 e. The van der Waals surface area contributed by atoms with Crippen LogP contribution >= 0.6 is 0 Å². The molecule has 0 unspecified atom stereocenters. The minimum absolute atomic E-state index is 0.0531. The highest BCUT2D eigenvalue weighted by molar-refractivity contribution is 5.82. The van der Waals surface area contributed by atoms with Gasteiger partial charge in [-0.05, 0) is 39.4 Å². The predicted molar refractivity (Wildman–Crippen MR) is 83.5 cm³/mol. The molecular formula is C15H28N4O3. The fourth-order valence-corrected chi connectivity index (χ4v) is 3.30. The van der Waals surface area contributed by atoms with Crippen molar-refractivity contribution in [2.75, 3.05) is 46.3 Å². The lowest BCUT2D eigenvalue weighted by Crippen LogP contribution is -2.56. The summed E-state index contributed by atoms with van der Waals surface area (Å²) in [6.45, 7) is 5.48. The van der Waals surface area contributed by atoms with Crippen molar-refractivity contribution in [2.24, 2.45) is 5.73 Å². The standard InChI is InChI=1S/C15H28N4O3/c1-17-6-4-12(5-7-17)18-8-10-19(11-9-18)15(22)13(16)2-3-14(20)21/h12-13H,2-11,16H2,1H3,(H,20,21)/t13-/m1/s1. The fraction of sp³-hybridized carbons (Fsp3) is 0.867. The van der Waals surface area contributed by atoms with Gasteiger partial charge in [0.05, 0.1) is 6.04 Å². The van der Waals surface area contributed by atoms with Crippen LogP contribution in [0.3, 0.4) is 0 Å². The molecule has 0 aliphatic carbocycles. The van der Waals surface area contributed by atoms with Gasteiger partial charge in [-0.3, -0.25) is 14.5 Å². The molecule has 2 aliphatic heterocycles. The average Bonchev–Trinajstić information content (AvgIpc) is 2.53. The Morgan fingerprint density at radius 3 is 2.27 bits per heavy atom. The van der Waals surface area contributed by atoms with E-state index in [-0.39, 0.29) is 18.7 Å². The van der Waals surface area contributed by atoms with Gasteiger partial charge < -0.3 is 20.6 Å². The number of nitrogens with two attached hydrogens (primary N) is 1. The number of carbonyl (C=O) groups excluding carboxylic acids is 1. The molecule has 2 fully saturated rings. The molecule has 126 valence electrons. The highest BCUT2D eigenvalue weighted by atomic mass is 16.4. The molecule has 2 saturated heterocycles.